The van der Waals surface area contributed by atoms with Crippen LogP contribution in [-0.4, -0.2) is 60.1 Å². The number of rotatable bonds is 5. The Morgan fingerprint density at radius 3 is 2.47 bits per heavy atom. The molecular formula is C24H25N7Na. The van der Waals surface area contributed by atoms with Crippen LogP contribution in [0.15, 0.2) is 48.5 Å². The van der Waals surface area contributed by atoms with Gasteiger partial charge in [0.2, 0.25) is 0 Å². The zero-order valence-electron chi connectivity index (χ0n) is 18.6. The minimum Gasteiger partial charge on any atom is -0.366 e. The van der Waals surface area contributed by atoms with Crippen LogP contribution in [0.25, 0.3) is 22.5 Å². The number of nitrogens with zero attached hydrogens (tertiary/aromatic N) is 5. The summed E-state index contributed by atoms with van der Waals surface area (Å²) in [4.78, 5) is 9.40. The number of fused-ring (bicyclic) bond motifs is 1. The van der Waals surface area contributed by atoms with Gasteiger partial charge in [-0.3, -0.25) is 0 Å². The Balaban J connectivity index is 0.00000245. The number of hydrogen-bond donors (Lipinski definition) is 2. The Morgan fingerprint density at radius 1 is 0.906 bits per heavy atom. The fourth-order valence-electron chi connectivity index (χ4n) is 4.24. The van der Waals surface area contributed by atoms with Gasteiger partial charge in [-0.1, -0.05) is 55.0 Å². The van der Waals surface area contributed by atoms with Gasteiger partial charge >= 0.3 is 0 Å². The van der Waals surface area contributed by atoms with Crippen molar-refractivity contribution in [2.24, 2.45) is 0 Å². The number of anilines is 1. The molecule has 0 saturated carbocycles. The van der Waals surface area contributed by atoms with Crippen LogP contribution in [-0.2, 0) is 19.4 Å². The molecule has 32 heavy (non-hydrogen) atoms. The first-order valence-electron chi connectivity index (χ1n) is 10.8. The Hall–Kier alpha value is -2.61. The molecule has 0 spiro atoms. The monoisotopic (exact) mass is 434 g/mol. The molecule has 5 rings (SSSR count). The van der Waals surface area contributed by atoms with Crippen molar-refractivity contribution in [3.8, 4) is 22.5 Å². The normalized spacial score (nSPS) is 13.0. The molecule has 1 aliphatic carbocycles. The number of H-pyrrole nitrogens is 1. The second-order valence-electron chi connectivity index (χ2n) is 7.95. The number of tetrazole rings is 1. The van der Waals surface area contributed by atoms with E-state index in [1.807, 2.05) is 25.1 Å². The van der Waals surface area contributed by atoms with Gasteiger partial charge in [0.05, 0.1) is 0 Å². The van der Waals surface area contributed by atoms with E-state index in [-0.39, 0.29) is 29.6 Å². The van der Waals surface area contributed by atoms with E-state index in [4.69, 9.17) is 9.97 Å². The molecule has 2 aromatic carbocycles. The topological polar surface area (TPSA) is 92.3 Å². The number of benzene rings is 2. The summed E-state index contributed by atoms with van der Waals surface area (Å²) in [5.41, 5.74) is 6.94. The van der Waals surface area contributed by atoms with Crippen molar-refractivity contribution in [3.63, 3.8) is 0 Å². The second kappa shape index (κ2) is 10.3. The Morgan fingerprint density at radius 2 is 1.69 bits per heavy atom. The Bertz CT molecular complexity index is 1170. The maximum absolute atomic E-state index is 4.70. The van der Waals surface area contributed by atoms with Gasteiger partial charge in [0, 0.05) is 52.9 Å². The number of nitrogens with one attached hydrogen (secondary N) is 2. The van der Waals surface area contributed by atoms with Gasteiger partial charge in [-0.25, -0.2) is 15.1 Å². The van der Waals surface area contributed by atoms with Crippen LogP contribution < -0.4 is 5.32 Å². The summed E-state index contributed by atoms with van der Waals surface area (Å²) in [5, 5.41) is 17.9. The van der Waals surface area contributed by atoms with E-state index in [0.717, 1.165) is 47.7 Å². The molecule has 0 fully saturated rings. The van der Waals surface area contributed by atoms with Crippen LogP contribution in [0.5, 0.6) is 0 Å². The van der Waals surface area contributed by atoms with E-state index in [1.165, 1.54) is 36.1 Å². The summed E-state index contributed by atoms with van der Waals surface area (Å²) < 4.78 is 0. The molecule has 2 aromatic heterocycles. The van der Waals surface area contributed by atoms with Crippen molar-refractivity contribution >= 4 is 35.4 Å². The summed E-state index contributed by atoms with van der Waals surface area (Å²) in [6, 6.07) is 16.7. The number of aryl methyl sites for hydroxylation is 2. The second-order valence-corrected chi connectivity index (χ2v) is 7.95. The predicted octanol–water partition coefficient (Wildman–Crippen LogP) is 4.13. The smallest absolute Gasteiger partial charge is 0.180 e. The minimum absolute atomic E-state index is 0. The maximum Gasteiger partial charge on any atom is 0.180 e. The van der Waals surface area contributed by atoms with Crippen LogP contribution in [0.2, 0.25) is 0 Å². The molecule has 0 amide bonds. The average Bonchev–Trinajstić information content (AvgIpc) is 3.24. The van der Waals surface area contributed by atoms with Crippen molar-refractivity contribution in [2.75, 3.05) is 5.32 Å². The van der Waals surface area contributed by atoms with Gasteiger partial charge in [0.1, 0.15) is 11.6 Å². The molecule has 0 saturated heterocycles. The molecule has 7 nitrogen and oxygen atoms in total. The zero-order chi connectivity index (χ0) is 21.0. The van der Waals surface area contributed by atoms with Crippen LogP contribution in [0.3, 0.4) is 0 Å². The fourth-order valence-corrected chi connectivity index (χ4v) is 4.24. The van der Waals surface area contributed by atoms with Crippen molar-refractivity contribution < 1.29 is 0 Å². The summed E-state index contributed by atoms with van der Waals surface area (Å²) in [6.45, 7) is 2.71. The Labute approximate surface area is 209 Å². The average molecular weight is 435 g/mol. The first kappa shape index (κ1) is 22.6. The molecule has 0 atom stereocenters. The van der Waals surface area contributed by atoms with E-state index in [1.54, 1.807) is 0 Å². The molecule has 2 heterocycles. The third-order valence-electron chi connectivity index (χ3n) is 5.80. The largest absolute Gasteiger partial charge is 0.366 e. The molecule has 157 valence electrons. The van der Waals surface area contributed by atoms with Crippen LogP contribution in [0.4, 0.5) is 5.82 Å². The van der Waals surface area contributed by atoms with Crippen molar-refractivity contribution in [3.05, 3.63) is 71.2 Å². The molecular weight excluding hydrogens is 409 g/mol. The van der Waals surface area contributed by atoms with E-state index in [2.05, 4.69) is 56.3 Å². The van der Waals surface area contributed by atoms with E-state index in [9.17, 15) is 0 Å². The Kier molecular flexibility index (Phi) is 7.29. The molecule has 2 N–H and O–H groups in total. The molecule has 4 aromatic rings. The van der Waals surface area contributed by atoms with Crippen molar-refractivity contribution in [1.82, 2.24) is 30.6 Å². The van der Waals surface area contributed by atoms with Gasteiger partial charge in [0.15, 0.2) is 5.82 Å². The van der Waals surface area contributed by atoms with Gasteiger partial charge < -0.3 is 5.32 Å². The molecule has 0 bridgehead atoms. The molecule has 8 heteroatoms. The first-order valence-corrected chi connectivity index (χ1v) is 10.8. The van der Waals surface area contributed by atoms with Crippen molar-refractivity contribution in [1.29, 1.82) is 0 Å². The summed E-state index contributed by atoms with van der Waals surface area (Å²) in [7, 11) is 0. The van der Waals surface area contributed by atoms with Gasteiger partial charge in [-0.05, 0) is 59.7 Å². The van der Waals surface area contributed by atoms with Gasteiger partial charge in [0.25, 0.3) is 0 Å². The van der Waals surface area contributed by atoms with E-state index in [0.29, 0.717) is 5.82 Å². The molecule has 1 aliphatic rings. The molecule has 1 radical (unpaired) electrons. The number of aromatic amines is 1. The standard InChI is InChI=1S/C24H25N7.Na/c1-16-26-22-10-4-2-3-9-21(22)23(27-16)25-15-17-11-13-18(14-12-17)19-7-5-6-8-20(19)24-28-30-31-29-24;/h5-8,11-14H,2-4,9-10,15H2,1H3,(H,25,26,27)(H,28,29,30,31);. The number of aromatic nitrogens is 6. The zero-order valence-corrected chi connectivity index (χ0v) is 20.6. The van der Waals surface area contributed by atoms with Crippen LogP contribution in [0.1, 0.15) is 41.9 Å². The van der Waals surface area contributed by atoms with Crippen LogP contribution in [0, 0.1) is 6.92 Å². The quantitative estimate of drug-likeness (QED) is 0.362. The third-order valence-corrected chi connectivity index (χ3v) is 5.80. The van der Waals surface area contributed by atoms with E-state index >= 15 is 0 Å². The SMILES string of the molecule is Cc1nc2c(c(NCc3ccc(-c4ccccc4-c4nnn[nH]4)cc3)n1)CCCCC2.[Na]. The van der Waals surface area contributed by atoms with Gasteiger partial charge in [-0.2, -0.15) is 0 Å². The number of hydrogen-bond acceptors (Lipinski definition) is 6. The molecule has 0 unspecified atom stereocenters. The fraction of sp³-hybridized carbons (Fsp3) is 0.292. The summed E-state index contributed by atoms with van der Waals surface area (Å²) >= 11 is 0. The molecule has 0 aliphatic heterocycles. The van der Waals surface area contributed by atoms with Crippen molar-refractivity contribution in [2.45, 2.75) is 45.6 Å². The maximum atomic E-state index is 4.70. The predicted molar refractivity (Wildman–Crippen MR) is 126 cm³/mol. The minimum atomic E-state index is 0. The summed E-state index contributed by atoms with van der Waals surface area (Å²) in [5.74, 6) is 2.51. The third kappa shape index (κ3) is 4.90. The van der Waals surface area contributed by atoms with Gasteiger partial charge in [-0.15, -0.1) is 5.10 Å². The first-order chi connectivity index (χ1) is 15.3. The summed E-state index contributed by atoms with van der Waals surface area (Å²) in [6.07, 6.45) is 5.81. The van der Waals surface area contributed by atoms with E-state index < -0.39 is 0 Å². The van der Waals surface area contributed by atoms with Crippen LogP contribution >= 0.6 is 0 Å².